The zero-order valence-electron chi connectivity index (χ0n) is 23.7. The van der Waals surface area contributed by atoms with Crippen LogP contribution in [0.4, 0.5) is 0 Å². The molecule has 11 atom stereocenters. The monoisotopic (exact) mass is 549 g/mol. The number of hydrogen-bond donors (Lipinski definition) is 3. The Labute approximate surface area is 231 Å². The van der Waals surface area contributed by atoms with Gasteiger partial charge in [-0.2, -0.15) is 0 Å². The Kier molecular flexibility index (Phi) is 8.48. The summed E-state index contributed by atoms with van der Waals surface area (Å²) in [6.45, 7) is 14.0. The number of esters is 1. The third-order valence-corrected chi connectivity index (χ3v) is 12.5. The van der Waals surface area contributed by atoms with Crippen LogP contribution in [-0.2, 0) is 19.1 Å². The fourth-order valence-electron chi connectivity index (χ4n) is 8.60. The van der Waals surface area contributed by atoms with E-state index in [0.29, 0.717) is 25.7 Å². The molecule has 0 saturated heterocycles. The van der Waals surface area contributed by atoms with Crippen LogP contribution in [0.25, 0.3) is 0 Å². The Hall–Kier alpha value is -1.38. The number of ether oxygens (including phenoxy) is 1. The molecule has 2 bridgehead atoms. The Morgan fingerprint density at radius 3 is 2.53 bits per heavy atom. The summed E-state index contributed by atoms with van der Waals surface area (Å²) >= 11 is 1.41. The summed E-state index contributed by atoms with van der Waals surface area (Å²) in [4.78, 5) is 38.2. The van der Waals surface area contributed by atoms with Crippen molar-refractivity contribution in [3.63, 3.8) is 0 Å². The van der Waals surface area contributed by atoms with Crippen LogP contribution in [-0.4, -0.2) is 63.2 Å². The van der Waals surface area contributed by atoms with E-state index >= 15 is 0 Å². The van der Waals surface area contributed by atoms with Crippen molar-refractivity contribution < 1.29 is 29.3 Å². The van der Waals surface area contributed by atoms with Gasteiger partial charge in [0.25, 0.3) is 0 Å². The maximum Gasteiger partial charge on any atom is 0.316 e. The number of rotatable bonds is 6. The zero-order chi connectivity index (χ0) is 28.0. The number of thioether (sulfide) groups is 1. The lowest BCUT2D eigenvalue weighted by molar-refractivity contribution is -0.205. The van der Waals surface area contributed by atoms with Crippen LogP contribution in [0.2, 0.25) is 0 Å². The Balaban J connectivity index is 1.54. The third-order valence-electron chi connectivity index (χ3n) is 11.2. The van der Waals surface area contributed by atoms with E-state index in [9.17, 15) is 24.6 Å². The number of carbonyl (C=O) groups excluding carboxylic acids is 3. The Morgan fingerprint density at radius 1 is 1.18 bits per heavy atom. The minimum absolute atomic E-state index is 0.0384. The van der Waals surface area contributed by atoms with Gasteiger partial charge in [-0.05, 0) is 62.2 Å². The second-order valence-electron chi connectivity index (χ2n) is 13.2. The summed E-state index contributed by atoms with van der Waals surface area (Å²) < 4.78 is 6.31. The maximum atomic E-state index is 13.5. The van der Waals surface area contributed by atoms with Crippen LogP contribution in [0, 0.1) is 34.0 Å². The second kappa shape index (κ2) is 10.9. The van der Waals surface area contributed by atoms with Crippen LogP contribution in [0.3, 0.4) is 0 Å². The molecule has 0 heterocycles. The predicted octanol–water partition coefficient (Wildman–Crippen LogP) is 4.04. The maximum absolute atomic E-state index is 13.5. The summed E-state index contributed by atoms with van der Waals surface area (Å²) in [7, 11) is 0. The van der Waals surface area contributed by atoms with E-state index in [0.717, 1.165) is 25.7 Å². The van der Waals surface area contributed by atoms with Crippen molar-refractivity contribution in [2.45, 2.75) is 116 Å². The molecule has 38 heavy (non-hydrogen) atoms. The molecule has 0 aromatic heterocycles. The molecule has 4 rings (SSSR count). The first kappa shape index (κ1) is 29.6. The van der Waals surface area contributed by atoms with E-state index in [1.165, 1.54) is 18.7 Å². The number of ketones is 1. The molecule has 1 unspecified atom stereocenters. The van der Waals surface area contributed by atoms with Crippen molar-refractivity contribution in [1.29, 1.82) is 0 Å². The molecule has 1 amide bonds. The van der Waals surface area contributed by atoms with Crippen LogP contribution < -0.4 is 5.32 Å². The Bertz CT molecular complexity index is 957. The average Bonchev–Trinajstić information content (AvgIpc) is 3.21. The Morgan fingerprint density at radius 2 is 1.89 bits per heavy atom. The number of carbonyl (C=O) groups is 3. The van der Waals surface area contributed by atoms with E-state index < -0.39 is 29.1 Å². The molecule has 0 aromatic carbocycles. The van der Waals surface area contributed by atoms with Crippen LogP contribution in [0.1, 0.15) is 86.0 Å². The lowest BCUT2D eigenvalue weighted by Crippen LogP contribution is -2.63. The molecule has 4 fully saturated rings. The highest BCUT2D eigenvalue weighted by molar-refractivity contribution is 8.00. The van der Waals surface area contributed by atoms with Gasteiger partial charge in [0, 0.05) is 41.4 Å². The molecule has 0 radical (unpaired) electrons. The summed E-state index contributed by atoms with van der Waals surface area (Å²) in [6.07, 6.45) is 5.51. The van der Waals surface area contributed by atoms with Crippen molar-refractivity contribution in [1.82, 2.24) is 5.32 Å². The number of aliphatic hydroxyl groups is 2. The fraction of sp³-hybridized carbons (Fsp3) is 0.833. The van der Waals surface area contributed by atoms with Gasteiger partial charge in [-0.1, -0.05) is 33.8 Å². The number of nitrogens with one attached hydrogen (secondary N) is 1. The number of amides is 1. The molecule has 4 saturated carbocycles. The van der Waals surface area contributed by atoms with Gasteiger partial charge in [-0.3, -0.25) is 14.4 Å². The highest BCUT2D eigenvalue weighted by Crippen LogP contribution is 2.68. The molecule has 4 aliphatic carbocycles. The normalized spacial score (nSPS) is 46.9. The smallest absolute Gasteiger partial charge is 0.316 e. The van der Waals surface area contributed by atoms with Gasteiger partial charge in [0.05, 0.1) is 18.0 Å². The van der Waals surface area contributed by atoms with E-state index in [1.54, 1.807) is 0 Å². The first-order valence-electron chi connectivity index (χ1n) is 14.4. The van der Waals surface area contributed by atoms with E-state index in [1.807, 2.05) is 13.0 Å². The third kappa shape index (κ3) is 4.98. The SMILES string of the molecule is C=C[C@]1(C)C[C@@H](OC(=O)CS[C@@H]2CC[C@@H](NC(C)=O)C[C@H]2O)[C@]2(C)C(C)CC[C@]3(CCC(=O)[C@H]32)[C@@H](C)[C@@H]1O. The molecule has 8 heteroatoms. The summed E-state index contributed by atoms with van der Waals surface area (Å²) in [5.41, 5.74) is -1.48. The van der Waals surface area contributed by atoms with Gasteiger partial charge in [0.15, 0.2) is 0 Å². The van der Waals surface area contributed by atoms with E-state index in [4.69, 9.17) is 4.74 Å². The van der Waals surface area contributed by atoms with Crippen molar-refractivity contribution >= 4 is 29.4 Å². The first-order chi connectivity index (χ1) is 17.8. The lowest BCUT2D eigenvalue weighted by Gasteiger charge is -2.61. The van der Waals surface area contributed by atoms with Crippen molar-refractivity contribution in [3.8, 4) is 0 Å². The first-order valence-corrected chi connectivity index (χ1v) is 15.4. The minimum Gasteiger partial charge on any atom is -0.461 e. The average molecular weight is 550 g/mol. The molecule has 0 aliphatic heterocycles. The molecule has 0 aromatic rings. The molecular weight excluding hydrogens is 502 g/mol. The summed E-state index contributed by atoms with van der Waals surface area (Å²) in [5.74, 6) is -0.200. The van der Waals surface area contributed by atoms with Crippen molar-refractivity contribution in [3.05, 3.63) is 12.7 Å². The van der Waals surface area contributed by atoms with Crippen molar-refractivity contribution in [2.75, 3.05) is 5.75 Å². The topological polar surface area (TPSA) is 113 Å². The van der Waals surface area contributed by atoms with Gasteiger partial charge >= 0.3 is 5.97 Å². The van der Waals surface area contributed by atoms with Gasteiger partial charge in [0.1, 0.15) is 11.9 Å². The largest absolute Gasteiger partial charge is 0.461 e. The summed E-state index contributed by atoms with van der Waals surface area (Å²) in [6, 6.07) is -0.0384. The van der Waals surface area contributed by atoms with Gasteiger partial charge in [-0.15, -0.1) is 18.3 Å². The number of Topliss-reactive ketones (excluding diaryl/α,β-unsaturated/α-hetero) is 1. The molecule has 7 nitrogen and oxygen atoms in total. The number of hydrogen-bond acceptors (Lipinski definition) is 7. The van der Waals surface area contributed by atoms with Crippen LogP contribution >= 0.6 is 11.8 Å². The predicted molar refractivity (Wildman–Crippen MR) is 148 cm³/mol. The quantitative estimate of drug-likeness (QED) is 0.338. The van der Waals surface area contributed by atoms with Crippen LogP contribution in [0.15, 0.2) is 12.7 Å². The highest BCUT2D eigenvalue weighted by atomic mass is 32.2. The molecule has 3 N–H and O–H groups in total. The number of aliphatic hydroxyl groups excluding tert-OH is 2. The van der Waals surface area contributed by atoms with Crippen molar-refractivity contribution in [2.24, 2.45) is 34.0 Å². The fourth-order valence-corrected chi connectivity index (χ4v) is 9.66. The minimum atomic E-state index is -0.684. The highest BCUT2D eigenvalue weighted by Gasteiger charge is 2.68. The standard InChI is InChI=1S/C30H47NO6S/c1-7-28(5)15-24(37-25(35)16-38-23-9-8-20(14-22(23)34)31-19(4)32)29(6)17(2)10-12-30(18(3)27(28)36)13-11-21(33)26(29)30/h7,17-18,20,22-24,26-27,34,36H,1,8-16H2,2-6H3,(H,31,32)/t17?,18-,20+,22+,23+,24+,26-,27-,28+,29-,30-/m0/s1. The van der Waals surface area contributed by atoms with E-state index in [-0.39, 0.29) is 57.9 Å². The van der Waals surface area contributed by atoms with E-state index in [2.05, 4.69) is 32.7 Å². The summed E-state index contributed by atoms with van der Waals surface area (Å²) in [5, 5.41) is 25.1. The second-order valence-corrected chi connectivity index (χ2v) is 14.4. The molecular formula is C30H47NO6S. The molecule has 4 aliphatic rings. The molecule has 214 valence electrons. The zero-order valence-corrected chi connectivity index (χ0v) is 24.5. The van der Waals surface area contributed by atoms with Gasteiger partial charge < -0.3 is 20.3 Å². The van der Waals surface area contributed by atoms with Gasteiger partial charge in [0.2, 0.25) is 5.91 Å². The lowest BCUT2D eigenvalue weighted by atomic mass is 9.44. The van der Waals surface area contributed by atoms with Gasteiger partial charge in [-0.25, -0.2) is 0 Å². The van der Waals surface area contributed by atoms with Crippen LogP contribution in [0.5, 0.6) is 0 Å². The molecule has 0 spiro atoms.